The van der Waals surface area contributed by atoms with E-state index in [9.17, 15) is 19.5 Å². The SMILES string of the molecule is CC[C@H](OC(C)=O)C1C[C@@H]([C@@H](C)O)[C@H](n2c(=O)sc3c(=O)[nH]c(N)nc32)O1. The van der Waals surface area contributed by atoms with Crippen LogP contribution < -0.4 is 16.2 Å². The summed E-state index contributed by atoms with van der Waals surface area (Å²) in [4.78, 5) is 42.0. The Bertz CT molecular complexity index is 964. The van der Waals surface area contributed by atoms with Gasteiger partial charge in [0, 0.05) is 12.8 Å². The van der Waals surface area contributed by atoms with E-state index in [1.54, 1.807) is 6.92 Å². The maximum Gasteiger partial charge on any atom is 0.311 e. The van der Waals surface area contributed by atoms with Gasteiger partial charge in [-0.1, -0.05) is 18.3 Å². The van der Waals surface area contributed by atoms with Crippen molar-refractivity contribution in [3.05, 3.63) is 20.0 Å². The fraction of sp³-hybridized carbons (Fsp3) is 0.625. The fourth-order valence-corrected chi connectivity index (χ4v) is 4.29. The number of nitrogens with two attached hydrogens (primary N) is 1. The third kappa shape index (κ3) is 3.62. The molecule has 1 saturated heterocycles. The number of fused-ring (bicyclic) bond motifs is 1. The van der Waals surface area contributed by atoms with Crippen LogP contribution >= 0.6 is 11.3 Å². The molecular weight excluding hydrogens is 376 g/mol. The highest BCUT2D eigenvalue weighted by atomic mass is 32.1. The van der Waals surface area contributed by atoms with Crippen molar-refractivity contribution >= 4 is 33.6 Å². The van der Waals surface area contributed by atoms with Crippen molar-refractivity contribution in [2.45, 2.75) is 58.2 Å². The smallest absolute Gasteiger partial charge is 0.311 e. The van der Waals surface area contributed by atoms with Crippen LogP contribution in [-0.4, -0.2) is 43.9 Å². The number of aromatic amines is 1. The van der Waals surface area contributed by atoms with Crippen molar-refractivity contribution in [3.63, 3.8) is 0 Å². The second-order valence-electron chi connectivity index (χ2n) is 6.60. The number of carbonyl (C=O) groups excluding carboxylic acids is 1. The minimum absolute atomic E-state index is 0.114. The van der Waals surface area contributed by atoms with Crippen molar-refractivity contribution in [2.75, 3.05) is 5.73 Å². The van der Waals surface area contributed by atoms with Gasteiger partial charge >= 0.3 is 10.8 Å². The maximum absolute atomic E-state index is 12.6. The van der Waals surface area contributed by atoms with E-state index in [0.717, 1.165) is 11.3 Å². The summed E-state index contributed by atoms with van der Waals surface area (Å²) < 4.78 is 12.7. The molecule has 5 atom stereocenters. The largest absolute Gasteiger partial charge is 0.460 e. The number of aliphatic hydroxyl groups is 1. The second kappa shape index (κ2) is 7.41. The number of esters is 1. The summed E-state index contributed by atoms with van der Waals surface area (Å²) in [5, 5.41) is 10.2. The molecule has 0 aliphatic carbocycles. The number of hydrogen-bond donors (Lipinski definition) is 3. The van der Waals surface area contributed by atoms with Crippen LogP contribution in [0.3, 0.4) is 0 Å². The molecule has 3 heterocycles. The van der Waals surface area contributed by atoms with Crippen LogP contribution in [0.15, 0.2) is 9.59 Å². The summed E-state index contributed by atoms with van der Waals surface area (Å²) in [6, 6.07) is 0. The summed E-state index contributed by atoms with van der Waals surface area (Å²) in [6.45, 7) is 4.77. The van der Waals surface area contributed by atoms with Crippen molar-refractivity contribution in [1.29, 1.82) is 0 Å². The van der Waals surface area contributed by atoms with Gasteiger partial charge in [0.15, 0.2) is 5.65 Å². The van der Waals surface area contributed by atoms with Crippen molar-refractivity contribution in [3.8, 4) is 0 Å². The Morgan fingerprint density at radius 2 is 2.26 bits per heavy atom. The summed E-state index contributed by atoms with van der Waals surface area (Å²) in [5.41, 5.74) is 5.23. The molecule has 1 aliphatic rings. The quantitative estimate of drug-likeness (QED) is 0.611. The third-order valence-electron chi connectivity index (χ3n) is 4.68. The first-order valence-electron chi connectivity index (χ1n) is 8.64. The Labute approximate surface area is 157 Å². The number of ether oxygens (including phenoxy) is 2. The van der Waals surface area contributed by atoms with Crippen LogP contribution in [-0.2, 0) is 14.3 Å². The molecule has 1 aliphatic heterocycles. The molecule has 11 heteroatoms. The summed E-state index contributed by atoms with van der Waals surface area (Å²) in [6.07, 6.45) is -1.74. The Kier molecular flexibility index (Phi) is 5.36. The molecule has 0 saturated carbocycles. The number of carbonyl (C=O) groups is 1. The molecule has 1 unspecified atom stereocenters. The normalized spacial score (nSPS) is 24.8. The zero-order chi connectivity index (χ0) is 19.9. The highest BCUT2D eigenvalue weighted by Gasteiger charge is 2.44. The predicted molar refractivity (Wildman–Crippen MR) is 98.5 cm³/mol. The summed E-state index contributed by atoms with van der Waals surface area (Å²) >= 11 is 0.739. The zero-order valence-corrected chi connectivity index (χ0v) is 16.0. The maximum atomic E-state index is 12.6. The lowest BCUT2D eigenvalue weighted by Gasteiger charge is -2.23. The Morgan fingerprint density at radius 1 is 1.56 bits per heavy atom. The van der Waals surface area contributed by atoms with E-state index in [1.165, 1.54) is 11.5 Å². The average molecular weight is 398 g/mol. The van der Waals surface area contributed by atoms with Crippen molar-refractivity contribution in [2.24, 2.45) is 5.92 Å². The molecule has 4 N–H and O–H groups in total. The summed E-state index contributed by atoms with van der Waals surface area (Å²) in [5.74, 6) is -0.993. The molecule has 0 radical (unpaired) electrons. The van der Waals surface area contributed by atoms with Crippen molar-refractivity contribution in [1.82, 2.24) is 14.5 Å². The van der Waals surface area contributed by atoms with Crippen LogP contribution in [0.1, 0.15) is 39.8 Å². The number of aliphatic hydroxyl groups excluding tert-OH is 1. The van der Waals surface area contributed by atoms with Gasteiger partial charge in [0.2, 0.25) is 5.95 Å². The fourth-order valence-electron chi connectivity index (χ4n) is 3.45. The minimum atomic E-state index is -0.852. The monoisotopic (exact) mass is 398 g/mol. The molecule has 148 valence electrons. The molecule has 10 nitrogen and oxygen atoms in total. The summed E-state index contributed by atoms with van der Waals surface area (Å²) in [7, 11) is 0. The molecule has 1 fully saturated rings. The highest BCUT2D eigenvalue weighted by molar-refractivity contribution is 7.16. The molecule has 3 rings (SSSR count). The lowest BCUT2D eigenvalue weighted by molar-refractivity contribution is -0.156. The lowest BCUT2D eigenvalue weighted by atomic mass is 9.95. The topological polar surface area (TPSA) is 150 Å². The number of anilines is 1. The van der Waals surface area contributed by atoms with Gasteiger partial charge in [-0.25, -0.2) is 0 Å². The Morgan fingerprint density at radius 3 is 2.85 bits per heavy atom. The van der Waals surface area contributed by atoms with Crippen LogP contribution in [0.4, 0.5) is 5.95 Å². The molecule has 27 heavy (non-hydrogen) atoms. The predicted octanol–water partition coefficient (Wildman–Crippen LogP) is 0.355. The Hall–Kier alpha value is -2.24. The number of nitrogen functional groups attached to an aromatic ring is 1. The van der Waals surface area contributed by atoms with Gasteiger partial charge < -0.3 is 20.3 Å². The zero-order valence-electron chi connectivity index (χ0n) is 15.2. The van der Waals surface area contributed by atoms with Crippen LogP contribution in [0.25, 0.3) is 10.3 Å². The first kappa shape index (κ1) is 19.5. The first-order chi connectivity index (χ1) is 12.7. The number of nitrogens with one attached hydrogen (secondary N) is 1. The number of aromatic nitrogens is 3. The molecule has 2 aromatic heterocycles. The van der Waals surface area contributed by atoms with Gasteiger partial charge in [-0.2, -0.15) is 4.98 Å². The van der Waals surface area contributed by atoms with E-state index in [2.05, 4.69) is 9.97 Å². The van der Waals surface area contributed by atoms with Crippen LogP contribution in [0.5, 0.6) is 0 Å². The van der Waals surface area contributed by atoms with Gasteiger partial charge in [-0.05, 0) is 19.8 Å². The van der Waals surface area contributed by atoms with Crippen LogP contribution in [0, 0.1) is 5.92 Å². The van der Waals surface area contributed by atoms with Gasteiger partial charge in [-0.15, -0.1) is 0 Å². The number of thiazole rings is 1. The van der Waals surface area contributed by atoms with Gasteiger partial charge in [0.25, 0.3) is 5.56 Å². The Balaban J connectivity index is 2.06. The molecule has 0 aromatic carbocycles. The van der Waals surface area contributed by atoms with Crippen LogP contribution in [0.2, 0.25) is 0 Å². The van der Waals surface area contributed by atoms with Crippen molar-refractivity contribution < 1.29 is 19.4 Å². The van der Waals surface area contributed by atoms with E-state index in [4.69, 9.17) is 15.2 Å². The highest BCUT2D eigenvalue weighted by Crippen LogP contribution is 2.39. The molecular formula is C16H22N4O6S. The third-order valence-corrected chi connectivity index (χ3v) is 5.63. The van der Waals surface area contributed by atoms with Gasteiger partial charge in [0.05, 0.1) is 12.2 Å². The lowest BCUT2D eigenvalue weighted by Crippen LogP contribution is -2.31. The number of nitrogens with zero attached hydrogens (tertiary/aromatic N) is 2. The van der Waals surface area contributed by atoms with Gasteiger partial charge in [0.1, 0.15) is 17.0 Å². The van der Waals surface area contributed by atoms with E-state index >= 15 is 0 Å². The molecule has 0 spiro atoms. The number of hydrogen-bond acceptors (Lipinski definition) is 9. The van der Waals surface area contributed by atoms with E-state index in [-0.39, 0.29) is 16.3 Å². The number of rotatable bonds is 5. The first-order valence-corrected chi connectivity index (χ1v) is 9.46. The molecule has 0 bridgehead atoms. The second-order valence-corrected chi connectivity index (χ2v) is 7.56. The van der Waals surface area contributed by atoms with E-state index < -0.39 is 46.9 Å². The van der Waals surface area contributed by atoms with E-state index in [1.807, 2.05) is 6.92 Å². The minimum Gasteiger partial charge on any atom is -0.460 e. The molecule has 2 aromatic rings. The van der Waals surface area contributed by atoms with E-state index in [0.29, 0.717) is 12.8 Å². The number of H-pyrrole nitrogens is 1. The van der Waals surface area contributed by atoms with Gasteiger partial charge in [-0.3, -0.25) is 23.9 Å². The molecule has 0 amide bonds. The average Bonchev–Trinajstić information content (AvgIpc) is 3.13. The standard InChI is InChI=1S/C16H22N4O6S/c1-4-9(25-7(3)22)10-5-8(6(2)21)14(26-10)20-12-11(27-16(20)24)13(23)19-15(17)18-12/h6,8-10,14,21H,4-5H2,1-3H3,(H3,17,18,19,23)/t6-,8+,9+,10?,14-/m1/s1.